The molecule has 0 aromatic heterocycles. The van der Waals surface area contributed by atoms with Gasteiger partial charge in [0, 0.05) is 18.1 Å². The maximum absolute atomic E-state index is 10.7. The first-order valence-corrected chi connectivity index (χ1v) is 6.40. The lowest BCUT2D eigenvalue weighted by Crippen LogP contribution is -2.49. The molecule has 0 atom stereocenters. The fourth-order valence-electron chi connectivity index (χ4n) is 2.67. The Morgan fingerprint density at radius 2 is 1.81 bits per heavy atom. The Hall–Kier alpha value is -0.570. The van der Waals surface area contributed by atoms with Crippen LogP contribution in [0.15, 0.2) is 0 Å². The summed E-state index contributed by atoms with van der Waals surface area (Å²) < 4.78 is 0. The molecule has 0 radical (unpaired) electrons. The summed E-state index contributed by atoms with van der Waals surface area (Å²) in [6.07, 6.45) is 6.66. The molecule has 1 saturated carbocycles. The molecule has 16 heavy (non-hydrogen) atoms. The van der Waals surface area contributed by atoms with Gasteiger partial charge in [-0.25, -0.2) is 0 Å². The predicted octanol–water partition coefficient (Wildman–Crippen LogP) is 2.89. The van der Waals surface area contributed by atoms with Gasteiger partial charge >= 0.3 is 5.97 Å². The number of rotatable bonds is 4. The molecule has 3 heteroatoms. The molecule has 3 nitrogen and oxygen atoms in total. The molecule has 94 valence electrons. The van der Waals surface area contributed by atoms with Gasteiger partial charge in [-0.05, 0) is 33.6 Å². The first-order chi connectivity index (χ1) is 7.41. The van der Waals surface area contributed by atoms with Gasteiger partial charge in [-0.1, -0.05) is 19.3 Å². The number of hydrogen-bond acceptors (Lipinski definition) is 2. The van der Waals surface area contributed by atoms with Crippen LogP contribution < -0.4 is 0 Å². The van der Waals surface area contributed by atoms with Crippen LogP contribution in [0.3, 0.4) is 0 Å². The molecule has 1 N–H and O–H groups in total. The van der Waals surface area contributed by atoms with Crippen molar-refractivity contribution in [2.24, 2.45) is 0 Å². The average Bonchev–Trinajstić information content (AvgIpc) is 2.17. The lowest BCUT2D eigenvalue weighted by Gasteiger charge is -2.43. The summed E-state index contributed by atoms with van der Waals surface area (Å²) in [7, 11) is 0. The Morgan fingerprint density at radius 1 is 1.25 bits per heavy atom. The zero-order valence-electron chi connectivity index (χ0n) is 10.8. The van der Waals surface area contributed by atoms with Crippen molar-refractivity contribution in [1.82, 2.24) is 4.90 Å². The van der Waals surface area contributed by atoms with Crippen molar-refractivity contribution < 1.29 is 9.90 Å². The molecular formula is C13H25NO2. The molecular weight excluding hydrogens is 202 g/mol. The average molecular weight is 227 g/mol. The topological polar surface area (TPSA) is 40.5 Å². The summed E-state index contributed by atoms with van der Waals surface area (Å²) in [4.78, 5) is 13.1. The Labute approximate surface area is 98.8 Å². The van der Waals surface area contributed by atoms with Gasteiger partial charge in [0.05, 0.1) is 6.42 Å². The molecule has 1 aliphatic carbocycles. The third-order valence-corrected chi connectivity index (χ3v) is 3.44. The van der Waals surface area contributed by atoms with E-state index in [0.29, 0.717) is 12.6 Å². The fourth-order valence-corrected chi connectivity index (χ4v) is 2.67. The van der Waals surface area contributed by atoms with Crippen LogP contribution in [-0.2, 0) is 4.79 Å². The summed E-state index contributed by atoms with van der Waals surface area (Å²) >= 11 is 0. The molecule has 0 aromatic rings. The van der Waals surface area contributed by atoms with E-state index >= 15 is 0 Å². The molecule has 0 aliphatic heterocycles. The minimum Gasteiger partial charge on any atom is -0.481 e. The van der Waals surface area contributed by atoms with Gasteiger partial charge in [0.25, 0.3) is 0 Å². The maximum Gasteiger partial charge on any atom is 0.304 e. The second-order valence-electron chi connectivity index (χ2n) is 5.80. The Balaban J connectivity index is 2.58. The van der Waals surface area contributed by atoms with E-state index in [1.54, 1.807) is 0 Å². The van der Waals surface area contributed by atoms with Gasteiger partial charge in [-0.15, -0.1) is 0 Å². The number of nitrogens with zero attached hydrogens (tertiary/aromatic N) is 1. The highest BCUT2D eigenvalue weighted by Gasteiger charge is 2.29. The van der Waals surface area contributed by atoms with Crippen LogP contribution in [0.1, 0.15) is 59.3 Å². The number of carbonyl (C=O) groups is 1. The quantitative estimate of drug-likeness (QED) is 0.802. The third kappa shape index (κ3) is 4.12. The van der Waals surface area contributed by atoms with E-state index in [2.05, 4.69) is 25.7 Å². The van der Waals surface area contributed by atoms with Crippen molar-refractivity contribution in [2.45, 2.75) is 70.9 Å². The second kappa shape index (κ2) is 5.67. The molecule has 1 rings (SSSR count). The smallest absolute Gasteiger partial charge is 0.304 e. The van der Waals surface area contributed by atoms with Gasteiger partial charge in [-0.3, -0.25) is 9.69 Å². The van der Waals surface area contributed by atoms with Crippen LogP contribution in [-0.4, -0.2) is 34.1 Å². The minimum atomic E-state index is -0.690. The van der Waals surface area contributed by atoms with E-state index in [1.807, 2.05) is 0 Å². The molecule has 0 saturated heterocycles. The van der Waals surface area contributed by atoms with Gasteiger partial charge < -0.3 is 5.11 Å². The molecule has 0 unspecified atom stereocenters. The monoisotopic (exact) mass is 227 g/mol. The second-order valence-corrected chi connectivity index (χ2v) is 5.80. The van der Waals surface area contributed by atoms with Crippen LogP contribution in [0, 0.1) is 0 Å². The number of carboxylic acid groups (broad SMARTS) is 1. The highest BCUT2D eigenvalue weighted by atomic mass is 16.4. The highest BCUT2D eigenvalue weighted by Crippen LogP contribution is 2.28. The van der Waals surface area contributed by atoms with E-state index < -0.39 is 5.97 Å². The van der Waals surface area contributed by atoms with Crippen LogP contribution in [0.4, 0.5) is 0 Å². The maximum atomic E-state index is 10.7. The predicted molar refractivity (Wildman–Crippen MR) is 65.6 cm³/mol. The molecule has 0 heterocycles. The number of hydrogen-bond donors (Lipinski definition) is 1. The lowest BCUT2D eigenvalue weighted by molar-refractivity contribution is -0.137. The minimum absolute atomic E-state index is 0.0808. The van der Waals surface area contributed by atoms with E-state index in [0.717, 1.165) is 0 Å². The highest BCUT2D eigenvalue weighted by molar-refractivity contribution is 5.66. The van der Waals surface area contributed by atoms with E-state index in [4.69, 9.17) is 5.11 Å². The Kier molecular flexibility index (Phi) is 4.78. The van der Waals surface area contributed by atoms with Crippen LogP contribution in [0.25, 0.3) is 0 Å². The van der Waals surface area contributed by atoms with Crippen molar-refractivity contribution in [3.05, 3.63) is 0 Å². The van der Waals surface area contributed by atoms with E-state index in [9.17, 15) is 4.79 Å². The molecule has 0 spiro atoms. The van der Waals surface area contributed by atoms with Gasteiger partial charge in [0.2, 0.25) is 0 Å². The lowest BCUT2D eigenvalue weighted by atomic mass is 9.90. The van der Waals surface area contributed by atoms with Crippen molar-refractivity contribution in [2.75, 3.05) is 6.54 Å². The Bertz CT molecular complexity index is 227. The standard InChI is InChI=1S/C13H25NO2/c1-13(2,3)14(10-9-12(15)16)11-7-5-4-6-8-11/h11H,4-10H2,1-3H3,(H,15,16). The summed E-state index contributed by atoms with van der Waals surface area (Å²) in [5.41, 5.74) is 0.0808. The van der Waals surface area contributed by atoms with Crippen LogP contribution in [0.2, 0.25) is 0 Å². The fraction of sp³-hybridized carbons (Fsp3) is 0.923. The summed E-state index contributed by atoms with van der Waals surface area (Å²) in [6, 6.07) is 0.591. The first-order valence-electron chi connectivity index (χ1n) is 6.40. The largest absolute Gasteiger partial charge is 0.481 e. The first kappa shape index (κ1) is 13.5. The third-order valence-electron chi connectivity index (χ3n) is 3.44. The molecule has 0 amide bonds. The van der Waals surface area contributed by atoms with Crippen LogP contribution >= 0.6 is 0 Å². The van der Waals surface area contributed by atoms with E-state index in [1.165, 1.54) is 32.1 Å². The number of carboxylic acids is 1. The van der Waals surface area contributed by atoms with Crippen molar-refractivity contribution in [3.8, 4) is 0 Å². The number of aliphatic carboxylic acids is 1. The van der Waals surface area contributed by atoms with Gasteiger partial charge in [0.15, 0.2) is 0 Å². The summed E-state index contributed by atoms with van der Waals surface area (Å²) in [5.74, 6) is -0.690. The normalized spacial score (nSPS) is 19.0. The van der Waals surface area contributed by atoms with Gasteiger partial charge in [0.1, 0.15) is 0 Å². The van der Waals surface area contributed by atoms with Crippen molar-refractivity contribution >= 4 is 5.97 Å². The zero-order valence-corrected chi connectivity index (χ0v) is 10.8. The summed E-state index contributed by atoms with van der Waals surface area (Å²) in [5, 5.41) is 8.80. The Morgan fingerprint density at radius 3 is 2.25 bits per heavy atom. The molecule has 1 aliphatic rings. The van der Waals surface area contributed by atoms with E-state index in [-0.39, 0.29) is 12.0 Å². The van der Waals surface area contributed by atoms with Gasteiger partial charge in [-0.2, -0.15) is 0 Å². The summed E-state index contributed by atoms with van der Waals surface area (Å²) in [6.45, 7) is 7.24. The molecule has 0 bridgehead atoms. The van der Waals surface area contributed by atoms with Crippen LogP contribution in [0.5, 0.6) is 0 Å². The van der Waals surface area contributed by atoms with Crippen molar-refractivity contribution in [1.29, 1.82) is 0 Å². The van der Waals surface area contributed by atoms with Crippen molar-refractivity contribution in [3.63, 3.8) is 0 Å². The molecule has 0 aromatic carbocycles. The zero-order chi connectivity index (χ0) is 12.2. The SMILES string of the molecule is CC(C)(C)N(CCC(=O)O)C1CCCCC1. The molecule has 1 fully saturated rings.